The van der Waals surface area contributed by atoms with Crippen LogP contribution in [-0.2, 0) is 6.54 Å². The maximum atomic E-state index is 13.1. The number of pyridine rings is 2. The van der Waals surface area contributed by atoms with Gasteiger partial charge in [-0.1, -0.05) is 36.4 Å². The van der Waals surface area contributed by atoms with Gasteiger partial charge in [-0.2, -0.15) is 0 Å². The molecule has 0 unspecified atom stereocenters. The van der Waals surface area contributed by atoms with Crippen molar-refractivity contribution in [3.8, 4) is 5.69 Å². The highest BCUT2D eigenvalue weighted by molar-refractivity contribution is 5.81. The van der Waals surface area contributed by atoms with Crippen LogP contribution in [0.1, 0.15) is 11.3 Å². The van der Waals surface area contributed by atoms with Crippen molar-refractivity contribution in [2.45, 2.75) is 13.5 Å². The van der Waals surface area contributed by atoms with Crippen molar-refractivity contribution in [3.63, 3.8) is 0 Å². The average molecular weight is 406 g/mol. The second-order valence-electron chi connectivity index (χ2n) is 7.52. The zero-order chi connectivity index (χ0) is 21.2. The van der Waals surface area contributed by atoms with E-state index in [-0.39, 0.29) is 5.43 Å². The van der Waals surface area contributed by atoms with Gasteiger partial charge < -0.3 is 9.88 Å². The van der Waals surface area contributed by atoms with Crippen LogP contribution in [0.15, 0.2) is 102 Å². The molecule has 0 aliphatic rings. The Bertz CT molecular complexity index is 1390. The van der Waals surface area contributed by atoms with Gasteiger partial charge in [0.05, 0.1) is 5.39 Å². The van der Waals surface area contributed by atoms with Gasteiger partial charge in [-0.15, -0.1) is 0 Å². The molecular formula is C26H22N4O. The Morgan fingerprint density at radius 2 is 1.55 bits per heavy atom. The van der Waals surface area contributed by atoms with E-state index in [9.17, 15) is 4.79 Å². The van der Waals surface area contributed by atoms with Gasteiger partial charge >= 0.3 is 0 Å². The molecule has 0 bridgehead atoms. The predicted molar refractivity (Wildman–Crippen MR) is 125 cm³/mol. The van der Waals surface area contributed by atoms with Gasteiger partial charge in [0, 0.05) is 42.1 Å². The lowest BCUT2D eigenvalue weighted by Crippen LogP contribution is -2.15. The highest BCUT2D eigenvalue weighted by atomic mass is 16.1. The van der Waals surface area contributed by atoms with E-state index in [2.05, 4.69) is 9.88 Å². The quantitative estimate of drug-likeness (QED) is 0.432. The summed E-state index contributed by atoms with van der Waals surface area (Å²) in [5.41, 5.74) is 4.38. The lowest BCUT2D eigenvalue weighted by molar-refractivity contribution is 0.795. The number of aryl methyl sites for hydroxylation is 1. The normalized spacial score (nSPS) is 11.0. The second-order valence-corrected chi connectivity index (χ2v) is 7.52. The summed E-state index contributed by atoms with van der Waals surface area (Å²) < 4.78 is 4.09. The highest BCUT2D eigenvalue weighted by Gasteiger charge is 2.15. The van der Waals surface area contributed by atoms with Crippen LogP contribution in [0.25, 0.3) is 16.7 Å². The van der Waals surface area contributed by atoms with Gasteiger partial charge in [0.15, 0.2) is 5.43 Å². The zero-order valence-electron chi connectivity index (χ0n) is 17.2. The minimum atomic E-state index is -0.0538. The molecule has 5 aromatic rings. The molecule has 0 aliphatic heterocycles. The van der Waals surface area contributed by atoms with Crippen LogP contribution in [0, 0.1) is 6.92 Å². The molecule has 5 heteroatoms. The van der Waals surface area contributed by atoms with Crippen molar-refractivity contribution in [2.24, 2.45) is 0 Å². The fourth-order valence-electron chi connectivity index (χ4n) is 3.80. The van der Waals surface area contributed by atoms with Crippen molar-refractivity contribution >= 4 is 22.5 Å². The Morgan fingerprint density at radius 3 is 2.26 bits per heavy atom. The highest BCUT2D eigenvalue weighted by Crippen LogP contribution is 2.25. The number of aromatic nitrogens is 3. The molecule has 3 aromatic heterocycles. The fourth-order valence-corrected chi connectivity index (χ4v) is 3.80. The summed E-state index contributed by atoms with van der Waals surface area (Å²) in [6.45, 7) is 2.67. The van der Waals surface area contributed by atoms with Crippen LogP contribution in [0.4, 0.5) is 11.5 Å². The fraction of sp³-hybridized carbons (Fsp3) is 0.0769. The third-order valence-corrected chi connectivity index (χ3v) is 5.36. The van der Waals surface area contributed by atoms with Gasteiger partial charge in [0.25, 0.3) is 0 Å². The minimum absolute atomic E-state index is 0.0538. The number of rotatable bonds is 5. The molecule has 152 valence electrons. The lowest BCUT2D eigenvalue weighted by Gasteiger charge is -2.19. The molecule has 2 aromatic carbocycles. The number of fused-ring (bicyclic) bond motifs is 1. The van der Waals surface area contributed by atoms with Crippen molar-refractivity contribution < 1.29 is 0 Å². The van der Waals surface area contributed by atoms with Gasteiger partial charge in [-0.25, -0.2) is 4.98 Å². The van der Waals surface area contributed by atoms with Gasteiger partial charge in [-0.3, -0.25) is 9.36 Å². The van der Waals surface area contributed by atoms with Crippen LogP contribution in [-0.4, -0.2) is 14.1 Å². The monoisotopic (exact) mass is 406 g/mol. The molecule has 3 heterocycles. The molecule has 0 atom stereocenters. The third-order valence-electron chi connectivity index (χ3n) is 5.36. The second kappa shape index (κ2) is 7.95. The first-order chi connectivity index (χ1) is 15.2. The van der Waals surface area contributed by atoms with E-state index >= 15 is 0 Å². The number of hydrogen-bond acceptors (Lipinski definition) is 3. The number of anilines is 2. The smallest absolute Gasteiger partial charge is 0.193 e. The summed E-state index contributed by atoms with van der Waals surface area (Å²) in [6.07, 6.45) is 4.03. The van der Waals surface area contributed by atoms with E-state index in [1.54, 1.807) is 6.07 Å². The van der Waals surface area contributed by atoms with Crippen LogP contribution in [0.3, 0.4) is 0 Å². The van der Waals surface area contributed by atoms with E-state index in [0.717, 1.165) is 22.6 Å². The molecule has 1 N–H and O–H groups in total. The van der Waals surface area contributed by atoms with Gasteiger partial charge in [-0.05, 0) is 55.0 Å². The number of nitrogens with one attached hydrogen (secondary N) is 1. The molecule has 0 saturated heterocycles. The van der Waals surface area contributed by atoms with Crippen LogP contribution >= 0.6 is 0 Å². The predicted octanol–water partition coefficient (Wildman–Crippen LogP) is 5.29. The molecule has 0 radical (unpaired) electrons. The van der Waals surface area contributed by atoms with Crippen molar-refractivity contribution in [3.05, 3.63) is 119 Å². The third kappa shape index (κ3) is 3.73. The van der Waals surface area contributed by atoms with Crippen molar-refractivity contribution in [1.29, 1.82) is 0 Å². The standard InChI is InChI=1S/C26H22N4O/c1-19-20(18-29-14-8-9-15-29)16-23-24(31)17-25(28-21-10-4-2-5-11-21)30(26(23)27-19)22-12-6-3-7-13-22/h2-17,28H,18H2,1H3. The number of nitrogens with zero attached hydrogens (tertiary/aromatic N) is 3. The van der Waals surface area contributed by atoms with Crippen LogP contribution in [0.2, 0.25) is 0 Å². The Labute approximate surface area is 180 Å². The van der Waals surface area contributed by atoms with Crippen molar-refractivity contribution in [1.82, 2.24) is 14.1 Å². The SMILES string of the molecule is Cc1nc2c(cc1Cn1cccc1)c(=O)cc(Nc1ccccc1)n2-c1ccccc1. The Hall–Kier alpha value is -4.12. The molecule has 5 nitrogen and oxygen atoms in total. The molecule has 0 saturated carbocycles. The van der Waals surface area contributed by atoms with E-state index in [0.29, 0.717) is 23.4 Å². The number of hydrogen-bond donors (Lipinski definition) is 1. The number of benzene rings is 2. The summed E-state index contributed by atoms with van der Waals surface area (Å²) in [7, 11) is 0. The maximum Gasteiger partial charge on any atom is 0.193 e. The maximum absolute atomic E-state index is 13.1. The summed E-state index contributed by atoms with van der Waals surface area (Å²) in [6, 6.07) is 27.4. The van der Waals surface area contributed by atoms with Gasteiger partial charge in [0.2, 0.25) is 0 Å². The van der Waals surface area contributed by atoms with E-state index in [4.69, 9.17) is 4.98 Å². The summed E-state index contributed by atoms with van der Waals surface area (Å²) >= 11 is 0. The van der Waals surface area contributed by atoms with Gasteiger partial charge in [0.1, 0.15) is 11.5 Å². The van der Waals surface area contributed by atoms with E-state index in [1.165, 1.54) is 0 Å². The molecule has 0 spiro atoms. The summed E-state index contributed by atoms with van der Waals surface area (Å²) in [4.78, 5) is 18.0. The molecule has 0 aliphatic carbocycles. The first-order valence-corrected chi connectivity index (χ1v) is 10.2. The molecule has 5 rings (SSSR count). The lowest BCUT2D eigenvalue weighted by atomic mass is 10.1. The average Bonchev–Trinajstić information content (AvgIpc) is 3.29. The zero-order valence-corrected chi connectivity index (χ0v) is 17.2. The Morgan fingerprint density at radius 1 is 0.871 bits per heavy atom. The molecule has 31 heavy (non-hydrogen) atoms. The topological polar surface area (TPSA) is 51.9 Å². The largest absolute Gasteiger partial charge is 0.350 e. The summed E-state index contributed by atoms with van der Waals surface area (Å²) in [5, 5.41) is 4.00. The van der Waals surface area contributed by atoms with Crippen LogP contribution < -0.4 is 10.7 Å². The van der Waals surface area contributed by atoms with Crippen molar-refractivity contribution in [2.75, 3.05) is 5.32 Å². The van der Waals surface area contributed by atoms with E-state index in [1.807, 2.05) is 103 Å². The van der Waals surface area contributed by atoms with Crippen LogP contribution in [0.5, 0.6) is 0 Å². The first kappa shape index (κ1) is 18.9. The Kier molecular flexibility index (Phi) is 4.84. The number of para-hydroxylation sites is 2. The van der Waals surface area contributed by atoms with E-state index < -0.39 is 0 Å². The molecule has 0 fully saturated rings. The molecular weight excluding hydrogens is 384 g/mol. The summed E-state index contributed by atoms with van der Waals surface area (Å²) in [5.74, 6) is 0.681. The first-order valence-electron chi connectivity index (χ1n) is 10.2. The minimum Gasteiger partial charge on any atom is -0.350 e. The molecule has 0 amide bonds. The Balaban J connectivity index is 1.73.